The summed E-state index contributed by atoms with van der Waals surface area (Å²) in [6.45, 7) is 2.02. The van der Waals surface area contributed by atoms with Crippen LogP contribution >= 0.6 is 0 Å². The molecule has 0 heterocycles. The Morgan fingerprint density at radius 3 is 2.88 bits per heavy atom. The van der Waals surface area contributed by atoms with E-state index in [2.05, 4.69) is 0 Å². The number of fused-ring (bicyclic) bond motifs is 2. The first-order valence-electron chi connectivity index (χ1n) is 6.33. The lowest BCUT2D eigenvalue weighted by Crippen LogP contribution is -2.45. The SMILES string of the molecule is CCOC(=O)[C@]12CCC(=O)C(CCCC1=O)C2. The van der Waals surface area contributed by atoms with Crippen LogP contribution < -0.4 is 0 Å². The first kappa shape index (κ1) is 12.3. The number of ketones is 2. The van der Waals surface area contributed by atoms with E-state index in [1.54, 1.807) is 6.92 Å². The zero-order valence-electron chi connectivity index (χ0n) is 10.2. The predicted octanol–water partition coefficient (Wildman–Crippen LogP) is 1.66. The van der Waals surface area contributed by atoms with E-state index in [1.807, 2.05) is 0 Å². The third-order valence-corrected chi connectivity index (χ3v) is 4.00. The Hall–Kier alpha value is -1.19. The summed E-state index contributed by atoms with van der Waals surface area (Å²) in [7, 11) is 0. The van der Waals surface area contributed by atoms with Crippen LogP contribution in [0.25, 0.3) is 0 Å². The topological polar surface area (TPSA) is 60.4 Å². The molecular weight excluding hydrogens is 220 g/mol. The van der Waals surface area contributed by atoms with Gasteiger partial charge in [0.05, 0.1) is 6.61 Å². The van der Waals surface area contributed by atoms with Gasteiger partial charge in [-0.25, -0.2) is 0 Å². The molecule has 0 amide bonds. The number of Topliss-reactive ketones (excluding diaryl/α,β-unsaturated/α-hetero) is 2. The molecule has 2 fully saturated rings. The summed E-state index contributed by atoms with van der Waals surface area (Å²) < 4.78 is 5.05. The van der Waals surface area contributed by atoms with Gasteiger partial charge in [0.15, 0.2) is 0 Å². The zero-order valence-corrected chi connectivity index (χ0v) is 10.2. The summed E-state index contributed by atoms with van der Waals surface area (Å²) >= 11 is 0. The molecule has 94 valence electrons. The summed E-state index contributed by atoms with van der Waals surface area (Å²) in [5.74, 6) is -0.338. The first-order chi connectivity index (χ1) is 8.10. The van der Waals surface area contributed by atoms with Crippen LogP contribution in [-0.4, -0.2) is 24.1 Å². The van der Waals surface area contributed by atoms with E-state index in [4.69, 9.17) is 4.74 Å². The van der Waals surface area contributed by atoms with E-state index in [-0.39, 0.29) is 24.1 Å². The van der Waals surface area contributed by atoms with Crippen molar-refractivity contribution in [2.75, 3.05) is 6.61 Å². The predicted molar refractivity (Wildman–Crippen MR) is 60.3 cm³/mol. The molecule has 0 aliphatic heterocycles. The molecule has 17 heavy (non-hydrogen) atoms. The van der Waals surface area contributed by atoms with Gasteiger partial charge in [-0.3, -0.25) is 14.4 Å². The lowest BCUT2D eigenvalue weighted by Gasteiger charge is -2.34. The smallest absolute Gasteiger partial charge is 0.319 e. The standard InChI is InChI=1S/C13H18O4/c1-2-17-12(16)13-7-6-10(14)9(8-13)4-3-5-11(13)15/h9H,2-8H2,1H3/t9?,13-/m0/s1. The van der Waals surface area contributed by atoms with Crippen LogP contribution in [0.2, 0.25) is 0 Å². The highest BCUT2D eigenvalue weighted by molar-refractivity contribution is 6.06. The van der Waals surface area contributed by atoms with Crippen LogP contribution in [-0.2, 0) is 19.1 Å². The number of ether oxygens (including phenoxy) is 1. The maximum Gasteiger partial charge on any atom is 0.319 e. The minimum absolute atomic E-state index is 0.0223. The van der Waals surface area contributed by atoms with E-state index in [1.165, 1.54) is 0 Å². The van der Waals surface area contributed by atoms with E-state index < -0.39 is 11.4 Å². The molecule has 2 aliphatic carbocycles. The fourth-order valence-electron chi connectivity index (χ4n) is 3.01. The minimum atomic E-state index is -1.01. The second-order valence-corrected chi connectivity index (χ2v) is 4.99. The highest BCUT2D eigenvalue weighted by Gasteiger charge is 2.52. The summed E-state index contributed by atoms with van der Waals surface area (Å²) in [5.41, 5.74) is -1.01. The van der Waals surface area contributed by atoms with Crippen molar-refractivity contribution in [3.05, 3.63) is 0 Å². The third kappa shape index (κ3) is 2.01. The van der Waals surface area contributed by atoms with Gasteiger partial charge in [0.25, 0.3) is 0 Å². The Morgan fingerprint density at radius 1 is 1.41 bits per heavy atom. The molecule has 4 nitrogen and oxygen atoms in total. The van der Waals surface area contributed by atoms with Gasteiger partial charge in [0.1, 0.15) is 17.0 Å². The fraction of sp³-hybridized carbons (Fsp3) is 0.769. The maximum absolute atomic E-state index is 12.2. The second-order valence-electron chi connectivity index (χ2n) is 4.99. The fourth-order valence-corrected chi connectivity index (χ4v) is 3.01. The molecule has 2 atom stereocenters. The highest BCUT2D eigenvalue weighted by Crippen LogP contribution is 2.44. The summed E-state index contributed by atoms with van der Waals surface area (Å²) in [6.07, 6.45) is 2.93. The quantitative estimate of drug-likeness (QED) is 0.542. The van der Waals surface area contributed by atoms with Crippen molar-refractivity contribution in [1.29, 1.82) is 0 Å². The second kappa shape index (κ2) is 4.59. The Balaban J connectivity index is 2.30. The van der Waals surface area contributed by atoms with Crippen LogP contribution in [0.4, 0.5) is 0 Å². The van der Waals surface area contributed by atoms with E-state index in [9.17, 15) is 14.4 Å². The number of hydrogen-bond acceptors (Lipinski definition) is 4. The average molecular weight is 238 g/mol. The van der Waals surface area contributed by atoms with Crippen LogP contribution in [0.1, 0.15) is 45.4 Å². The Kier molecular flexibility index (Phi) is 3.31. The molecule has 1 unspecified atom stereocenters. The highest BCUT2D eigenvalue weighted by atomic mass is 16.5. The number of carbonyl (C=O) groups excluding carboxylic acids is 3. The summed E-state index contributed by atoms with van der Waals surface area (Å²) in [6, 6.07) is 0. The zero-order chi connectivity index (χ0) is 12.5. The molecular formula is C13H18O4. The van der Waals surface area contributed by atoms with Crippen LogP contribution in [0, 0.1) is 11.3 Å². The normalized spacial score (nSPS) is 33.1. The van der Waals surface area contributed by atoms with Crippen molar-refractivity contribution in [2.24, 2.45) is 11.3 Å². The van der Waals surface area contributed by atoms with Crippen molar-refractivity contribution in [1.82, 2.24) is 0 Å². The van der Waals surface area contributed by atoms with Crippen molar-refractivity contribution in [3.8, 4) is 0 Å². The van der Waals surface area contributed by atoms with Crippen LogP contribution in [0.3, 0.4) is 0 Å². The summed E-state index contributed by atoms with van der Waals surface area (Å²) in [4.78, 5) is 35.9. The largest absolute Gasteiger partial charge is 0.465 e. The van der Waals surface area contributed by atoms with Gasteiger partial charge >= 0.3 is 5.97 Å². The molecule has 2 aliphatic rings. The lowest BCUT2D eigenvalue weighted by atomic mass is 9.67. The van der Waals surface area contributed by atoms with E-state index >= 15 is 0 Å². The molecule has 2 rings (SSSR count). The molecule has 0 aromatic heterocycles. The molecule has 2 saturated carbocycles. The van der Waals surface area contributed by atoms with Crippen molar-refractivity contribution in [3.63, 3.8) is 0 Å². The third-order valence-electron chi connectivity index (χ3n) is 4.00. The molecule has 2 bridgehead atoms. The van der Waals surface area contributed by atoms with Crippen LogP contribution in [0.5, 0.6) is 0 Å². The van der Waals surface area contributed by atoms with Crippen LogP contribution in [0.15, 0.2) is 0 Å². The van der Waals surface area contributed by atoms with Gasteiger partial charge in [-0.2, -0.15) is 0 Å². The molecule has 0 aromatic rings. The van der Waals surface area contributed by atoms with Crippen molar-refractivity contribution in [2.45, 2.75) is 45.4 Å². The Morgan fingerprint density at radius 2 is 2.18 bits per heavy atom. The van der Waals surface area contributed by atoms with Gasteiger partial charge < -0.3 is 4.74 Å². The average Bonchev–Trinajstić information content (AvgIpc) is 2.44. The molecule has 0 saturated heterocycles. The van der Waals surface area contributed by atoms with Gasteiger partial charge in [-0.05, 0) is 32.6 Å². The molecule has 4 heteroatoms. The van der Waals surface area contributed by atoms with Crippen molar-refractivity contribution >= 4 is 17.5 Å². The van der Waals surface area contributed by atoms with Gasteiger partial charge in [0, 0.05) is 18.8 Å². The van der Waals surface area contributed by atoms with Gasteiger partial charge in [-0.1, -0.05) is 0 Å². The van der Waals surface area contributed by atoms with E-state index in [0.29, 0.717) is 25.7 Å². The molecule has 0 N–H and O–H groups in total. The number of hydrogen-bond donors (Lipinski definition) is 0. The number of rotatable bonds is 2. The Bertz CT molecular complexity index is 360. The molecule has 0 radical (unpaired) electrons. The van der Waals surface area contributed by atoms with Crippen molar-refractivity contribution < 1.29 is 19.1 Å². The van der Waals surface area contributed by atoms with E-state index in [0.717, 1.165) is 12.8 Å². The molecule has 0 spiro atoms. The number of esters is 1. The minimum Gasteiger partial charge on any atom is -0.465 e. The lowest BCUT2D eigenvalue weighted by molar-refractivity contribution is -0.163. The first-order valence-corrected chi connectivity index (χ1v) is 6.33. The molecule has 0 aromatic carbocycles. The maximum atomic E-state index is 12.2. The van der Waals surface area contributed by atoms with Gasteiger partial charge in [0.2, 0.25) is 0 Å². The van der Waals surface area contributed by atoms with Gasteiger partial charge in [-0.15, -0.1) is 0 Å². The Labute approximate surface area is 101 Å². The monoisotopic (exact) mass is 238 g/mol. The number of carbonyl (C=O) groups is 3. The summed E-state index contributed by atoms with van der Waals surface area (Å²) in [5, 5.41) is 0.